The fraction of sp³-hybridized carbons (Fsp3) is 0. The number of hydrogen-bond acceptors (Lipinski definition) is 4. The lowest BCUT2D eigenvalue weighted by Gasteiger charge is -2.08. The van der Waals surface area contributed by atoms with E-state index in [1.807, 2.05) is 0 Å². The molecular formula is C14H11FN4O. The molecule has 1 aromatic carbocycles. The highest BCUT2D eigenvalue weighted by Crippen LogP contribution is 2.24. The van der Waals surface area contributed by atoms with E-state index >= 15 is 0 Å². The molecule has 20 heavy (non-hydrogen) atoms. The Bertz CT molecular complexity index is 728. The van der Waals surface area contributed by atoms with E-state index in [4.69, 9.17) is 10.5 Å². The molecule has 3 aromatic rings. The minimum absolute atomic E-state index is 0.0873. The third-order valence-electron chi connectivity index (χ3n) is 2.66. The predicted octanol–water partition coefficient (Wildman–Crippen LogP) is 2.78. The fourth-order valence-electron chi connectivity index (χ4n) is 1.70. The number of halogens is 1. The minimum Gasteiger partial charge on any atom is -0.457 e. The van der Waals surface area contributed by atoms with Crippen molar-refractivity contribution in [3.63, 3.8) is 0 Å². The molecular weight excluding hydrogens is 259 g/mol. The fourth-order valence-corrected chi connectivity index (χ4v) is 1.70. The highest BCUT2D eigenvalue weighted by molar-refractivity contribution is 5.45. The number of hydrogen-bond donors (Lipinski definition) is 1. The van der Waals surface area contributed by atoms with Crippen LogP contribution in [0.1, 0.15) is 0 Å². The largest absolute Gasteiger partial charge is 0.457 e. The molecule has 0 fully saturated rings. The van der Waals surface area contributed by atoms with Crippen molar-refractivity contribution in [1.82, 2.24) is 14.8 Å². The van der Waals surface area contributed by atoms with Gasteiger partial charge in [0.15, 0.2) is 5.82 Å². The van der Waals surface area contributed by atoms with Gasteiger partial charge in [-0.25, -0.2) is 14.1 Å². The summed E-state index contributed by atoms with van der Waals surface area (Å²) in [6.07, 6.45) is 5.03. The van der Waals surface area contributed by atoms with Crippen LogP contribution in [0.4, 0.5) is 10.1 Å². The molecule has 2 aromatic heterocycles. The van der Waals surface area contributed by atoms with Gasteiger partial charge in [-0.3, -0.25) is 0 Å². The van der Waals surface area contributed by atoms with Gasteiger partial charge >= 0.3 is 0 Å². The zero-order chi connectivity index (χ0) is 13.9. The molecule has 0 saturated carbocycles. The summed E-state index contributed by atoms with van der Waals surface area (Å²) in [5, 5.41) is 4.08. The molecule has 0 aliphatic rings. The molecule has 0 radical (unpaired) electrons. The standard InChI is InChI=1S/C14H11FN4O/c15-12-8-10(2-3-13(12)16)20-11-4-6-17-14(9-11)19-7-1-5-18-19/h1-9H,16H2. The Balaban J connectivity index is 1.87. The molecule has 0 atom stereocenters. The number of nitrogen functional groups attached to an aromatic ring is 1. The van der Waals surface area contributed by atoms with Gasteiger partial charge in [0.1, 0.15) is 17.3 Å². The van der Waals surface area contributed by atoms with Crippen molar-refractivity contribution in [2.24, 2.45) is 0 Å². The maximum Gasteiger partial charge on any atom is 0.156 e. The lowest BCUT2D eigenvalue weighted by Crippen LogP contribution is -1.98. The van der Waals surface area contributed by atoms with Crippen LogP contribution in [0, 0.1) is 5.82 Å². The summed E-state index contributed by atoms with van der Waals surface area (Å²) in [6.45, 7) is 0. The van der Waals surface area contributed by atoms with Gasteiger partial charge < -0.3 is 10.5 Å². The molecule has 2 heterocycles. The van der Waals surface area contributed by atoms with Gasteiger partial charge in [-0.15, -0.1) is 0 Å². The molecule has 3 rings (SSSR count). The number of rotatable bonds is 3. The summed E-state index contributed by atoms with van der Waals surface area (Å²) in [6, 6.07) is 9.49. The van der Waals surface area contributed by atoms with Crippen molar-refractivity contribution < 1.29 is 9.13 Å². The van der Waals surface area contributed by atoms with Crippen molar-refractivity contribution in [1.29, 1.82) is 0 Å². The summed E-state index contributed by atoms with van der Waals surface area (Å²) in [7, 11) is 0. The van der Waals surface area contributed by atoms with Gasteiger partial charge in [-0.2, -0.15) is 5.10 Å². The Hall–Kier alpha value is -2.89. The van der Waals surface area contributed by atoms with Crippen LogP contribution in [-0.2, 0) is 0 Å². The Morgan fingerprint density at radius 2 is 1.95 bits per heavy atom. The van der Waals surface area contributed by atoms with Gasteiger partial charge in [0.2, 0.25) is 0 Å². The lowest BCUT2D eigenvalue weighted by molar-refractivity contribution is 0.476. The van der Waals surface area contributed by atoms with Crippen molar-refractivity contribution in [2.45, 2.75) is 0 Å². The Kier molecular flexibility index (Phi) is 3.04. The van der Waals surface area contributed by atoms with Crippen LogP contribution >= 0.6 is 0 Å². The SMILES string of the molecule is Nc1ccc(Oc2ccnc(-n3cccn3)c2)cc1F. The smallest absolute Gasteiger partial charge is 0.156 e. The topological polar surface area (TPSA) is 66.0 Å². The molecule has 2 N–H and O–H groups in total. The molecule has 0 unspecified atom stereocenters. The molecule has 0 bridgehead atoms. The summed E-state index contributed by atoms with van der Waals surface area (Å²) in [4.78, 5) is 4.18. The highest BCUT2D eigenvalue weighted by Gasteiger charge is 2.04. The van der Waals surface area contributed by atoms with Crippen molar-refractivity contribution >= 4 is 5.69 Å². The number of anilines is 1. The summed E-state index contributed by atoms with van der Waals surface area (Å²) in [5.41, 5.74) is 5.51. The number of ether oxygens (including phenoxy) is 1. The quantitative estimate of drug-likeness (QED) is 0.743. The summed E-state index contributed by atoms with van der Waals surface area (Å²) < 4.78 is 20.5. The second-order valence-corrected chi connectivity index (χ2v) is 4.09. The van der Waals surface area contributed by atoms with Crippen molar-refractivity contribution in [2.75, 3.05) is 5.73 Å². The van der Waals surface area contributed by atoms with Crippen LogP contribution in [0.15, 0.2) is 55.0 Å². The first-order valence-electron chi connectivity index (χ1n) is 5.91. The van der Waals surface area contributed by atoms with Gasteiger partial charge in [0.05, 0.1) is 5.69 Å². The van der Waals surface area contributed by atoms with Crippen molar-refractivity contribution in [3.05, 3.63) is 60.8 Å². The average molecular weight is 270 g/mol. The number of nitrogens with two attached hydrogens (primary N) is 1. The highest BCUT2D eigenvalue weighted by atomic mass is 19.1. The van der Waals surface area contributed by atoms with E-state index in [9.17, 15) is 4.39 Å². The minimum atomic E-state index is -0.510. The average Bonchev–Trinajstić information content (AvgIpc) is 2.97. The monoisotopic (exact) mass is 270 g/mol. The molecule has 0 aliphatic carbocycles. The van der Waals surface area contributed by atoms with E-state index in [-0.39, 0.29) is 5.69 Å². The number of benzene rings is 1. The predicted molar refractivity (Wildman–Crippen MR) is 72.2 cm³/mol. The summed E-state index contributed by atoms with van der Waals surface area (Å²) >= 11 is 0. The van der Waals surface area contributed by atoms with E-state index in [1.165, 1.54) is 12.1 Å². The first-order valence-corrected chi connectivity index (χ1v) is 5.91. The van der Waals surface area contributed by atoms with Gasteiger partial charge in [0, 0.05) is 30.7 Å². The number of nitrogens with zero attached hydrogens (tertiary/aromatic N) is 3. The molecule has 0 saturated heterocycles. The van der Waals surface area contributed by atoms with Crippen LogP contribution in [-0.4, -0.2) is 14.8 Å². The van der Waals surface area contributed by atoms with Crippen LogP contribution in [0.2, 0.25) is 0 Å². The lowest BCUT2D eigenvalue weighted by atomic mass is 10.3. The Morgan fingerprint density at radius 3 is 2.70 bits per heavy atom. The number of aromatic nitrogens is 3. The van der Waals surface area contributed by atoms with Crippen LogP contribution < -0.4 is 10.5 Å². The zero-order valence-corrected chi connectivity index (χ0v) is 10.4. The second kappa shape index (κ2) is 5.00. The molecule has 0 spiro atoms. The van der Waals surface area contributed by atoms with E-state index in [1.54, 1.807) is 47.5 Å². The Labute approximate surface area is 114 Å². The van der Waals surface area contributed by atoms with Crippen LogP contribution in [0.25, 0.3) is 5.82 Å². The van der Waals surface area contributed by atoms with Gasteiger partial charge in [0.25, 0.3) is 0 Å². The molecule has 100 valence electrons. The molecule has 5 nitrogen and oxygen atoms in total. The van der Waals surface area contributed by atoms with Gasteiger partial charge in [-0.05, 0) is 24.3 Å². The second-order valence-electron chi connectivity index (χ2n) is 4.09. The van der Waals surface area contributed by atoms with E-state index < -0.39 is 5.82 Å². The van der Waals surface area contributed by atoms with E-state index in [0.717, 1.165) is 0 Å². The maximum absolute atomic E-state index is 13.4. The van der Waals surface area contributed by atoms with E-state index in [0.29, 0.717) is 17.3 Å². The molecule has 6 heteroatoms. The normalized spacial score (nSPS) is 10.4. The van der Waals surface area contributed by atoms with E-state index in [2.05, 4.69) is 10.1 Å². The van der Waals surface area contributed by atoms with Gasteiger partial charge in [-0.1, -0.05) is 0 Å². The van der Waals surface area contributed by atoms with Crippen molar-refractivity contribution in [3.8, 4) is 17.3 Å². The zero-order valence-electron chi connectivity index (χ0n) is 10.4. The Morgan fingerprint density at radius 1 is 1.10 bits per heavy atom. The first kappa shape index (κ1) is 12.2. The number of pyridine rings is 1. The maximum atomic E-state index is 13.4. The summed E-state index contributed by atoms with van der Waals surface area (Å²) in [5.74, 6) is 1.01. The third-order valence-corrected chi connectivity index (χ3v) is 2.66. The molecule has 0 amide bonds. The van der Waals surface area contributed by atoms with Crippen LogP contribution in [0.3, 0.4) is 0 Å². The first-order chi connectivity index (χ1) is 9.72. The van der Waals surface area contributed by atoms with Crippen LogP contribution in [0.5, 0.6) is 11.5 Å². The molecule has 0 aliphatic heterocycles. The third kappa shape index (κ3) is 2.44.